The van der Waals surface area contributed by atoms with Crippen LogP contribution in [0.3, 0.4) is 0 Å². The van der Waals surface area contributed by atoms with Gasteiger partial charge in [0.1, 0.15) is 17.9 Å². The first-order valence-electron chi connectivity index (χ1n) is 18.0. The van der Waals surface area contributed by atoms with E-state index in [4.69, 9.17) is 79.4 Å². The van der Waals surface area contributed by atoms with Crippen LogP contribution >= 0.6 is 93.1 Å². The molecule has 5 fully saturated rings. The molecule has 0 aliphatic carbocycles. The van der Waals surface area contributed by atoms with Gasteiger partial charge in [-0.15, -0.1) is 23.5 Å². The topological polar surface area (TPSA) is 141 Å². The number of carbonyl (C=O) groups is 5. The number of aryl methyl sites for hydroxylation is 1. The number of hydrogen-bond donors (Lipinski definition) is 0. The Morgan fingerprint density at radius 2 is 1.33 bits per heavy atom. The molecule has 15 nitrogen and oxygen atoms in total. The lowest BCUT2D eigenvalue weighted by molar-refractivity contribution is -0.134. The fourth-order valence-corrected chi connectivity index (χ4v) is 9.62. The molecule has 2 aromatic rings. The lowest BCUT2D eigenvalue weighted by atomic mass is 10.1. The molecular weight excluding hydrogens is 909 g/mol. The van der Waals surface area contributed by atoms with Crippen molar-refractivity contribution < 1.29 is 33.4 Å². The molecule has 3 atom stereocenters. The lowest BCUT2D eigenvalue weighted by Crippen LogP contribution is -2.51. The first-order valence-corrected chi connectivity index (χ1v) is 22.5. The third-order valence-corrected chi connectivity index (χ3v) is 12.4. The highest BCUT2D eigenvalue weighted by Crippen LogP contribution is 2.34. The Morgan fingerprint density at radius 3 is 1.88 bits per heavy atom. The first-order chi connectivity index (χ1) is 27.0. The SMILES string of the molecule is Cc1cc(N2CCN([C@H]3C[C@@H](C(=O)N4CCSC4)N(C(=O)OC(Cl)(Cl)Cl)C3)CC2)n(-c2ccccc2)n1.O=C1C[C@@H](C(=O)N2CCSC2)N(C(=O)OC(Cl)(Cl)Cl)C1. The number of alkyl halides is 6. The molecule has 0 N–H and O–H groups in total. The molecule has 7 rings (SSSR count). The minimum atomic E-state index is -2.22. The number of benzene rings is 1. The molecule has 1 aromatic carbocycles. The predicted molar refractivity (Wildman–Crippen MR) is 223 cm³/mol. The number of carbonyl (C=O) groups excluding carboxylic acids is 5. The molecule has 5 aliphatic heterocycles. The summed E-state index contributed by atoms with van der Waals surface area (Å²) in [7, 11) is 0. The number of likely N-dealkylation sites (tertiary alicyclic amines) is 2. The van der Waals surface area contributed by atoms with Gasteiger partial charge in [0.15, 0.2) is 5.78 Å². The summed E-state index contributed by atoms with van der Waals surface area (Å²) in [5.41, 5.74) is 1.98. The van der Waals surface area contributed by atoms with Crippen molar-refractivity contribution in [1.29, 1.82) is 0 Å². The second-order valence-corrected chi connectivity index (χ2v) is 20.3. The third-order valence-electron chi connectivity index (χ3n) is 9.96. The number of hydrogen-bond acceptors (Lipinski definition) is 12. The summed E-state index contributed by atoms with van der Waals surface area (Å²) in [6, 6.07) is 10.7. The quantitative estimate of drug-likeness (QED) is 0.356. The Balaban J connectivity index is 0.000000232. The zero-order valence-corrected chi connectivity index (χ0v) is 36.8. The average Bonchev–Trinajstić information content (AvgIpc) is 4.00. The molecule has 6 heterocycles. The number of piperazine rings is 1. The summed E-state index contributed by atoms with van der Waals surface area (Å²) in [6.45, 7) is 6.58. The van der Waals surface area contributed by atoms with E-state index in [9.17, 15) is 24.0 Å². The molecular formula is C34H40Cl6N8O7S2. The predicted octanol–water partition coefficient (Wildman–Crippen LogP) is 5.37. The van der Waals surface area contributed by atoms with E-state index in [0.717, 1.165) is 59.8 Å². The van der Waals surface area contributed by atoms with Gasteiger partial charge >= 0.3 is 20.1 Å². The Labute approximate surface area is 368 Å². The first kappa shape index (κ1) is 44.3. The van der Waals surface area contributed by atoms with Gasteiger partial charge in [0.2, 0.25) is 11.8 Å². The summed E-state index contributed by atoms with van der Waals surface area (Å²) in [6.07, 6.45) is -1.28. The van der Waals surface area contributed by atoms with Crippen LogP contribution in [-0.4, -0.2) is 166 Å². The smallest absolute Gasteiger partial charge is 0.398 e. The van der Waals surface area contributed by atoms with Gasteiger partial charge in [-0.05, 0) is 95.1 Å². The van der Waals surface area contributed by atoms with Crippen molar-refractivity contribution in [2.75, 3.05) is 80.5 Å². The van der Waals surface area contributed by atoms with Crippen LogP contribution in [0.4, 0.5) is 15.4 Å². The van der Waals surface area contributed by atoms with Gasteiger partial charge < -0.3 is 24.2 Å². The van der Waals surface area contributed by atoms with Gasteiger partial charge in [0.25, 0.3) is 0 Å². The van der Waals surface area contributed by atoms with E-state index in [2.05, 4.69) is 20.6 Å². The molecule has 5 aliphatic rings. The Hall–Kier alpha value is -2.22. The van der Waals surface area contributed by atoms with Crippen LogP contribution in [0.5, 0.6) is 0 Å². The molecule has 0 saturated carbocycles. The van der Waals surface area contributed by atoms with Crippen molar-refractivity contribution in [1.82, 2.24) is 34.3 Å². The molecule has 0 spiro atoms. The lowest BCUT2D eigenvalue weighted by Gasteiger charge is -2.38. The molecule has 5 saturated heterocycles. The number of ketones is 1. The highest BCUT2D eigenvalue weighted by molar-refractivity contribution is 7.99. The molecule has 0 bridgehead atoms. The fourth-order valence-electron chi connectivity index (χ4n) is 7.32. The average molecular weight is 950 g/mol. The van der Waals surface area contributed by atoms with E-state index in [0.29, 0.717) is 37.8 Å². The van der Waals surface area contributed by atoms with Crippen LogP contribution in [-0.2, 0) is 23.9 Å². The molecule has 312 valence electrons. The van der Waals surface area contributed by atoms with E-state index < -0.39 is 32.2 Å². The van der Waals surface area contributed by atoms with Gasteiger partial charge in [-0.1, -0.05) is 18.2 Å². The summed E-state index contributed by atoms with van der Waals surface area (Å²) in [5.74, 6) is 3.39. The highest BCUT2D eigenvalue weighted by atomic mass is 35.6. The van der Waals surface area contributed by atoms with Crippen molar-refractivity contribution in [2.24, 2.45) is 0 Å². The van der Waals surface area contributed by atoms with Crippen LogP contribution in [0, 0.1) is 6.92 Å². The number of Topliss-reactive ketones (excluding diaryl/α,β-unsaturated/α-hetero) is 1. The molecule has 1 aromatic heterocycles. The van der Waals surface area contributed by atoms with Gasteiger partial charge in [0, 0.05) is 75.8 Å². The maximum Gasteiger partial charge on any atom is 0.414 e. The Morgan fingerprint density at radius 1 is 0.772 bits per heavy atom. The number of para-hydroxylation sites is 1. The maximum absolute atomic E-state index is 13.3. The van der Waals surface area contributed by atoms with E-state index in [1.165, 1.54) is 4.90 Å². The van der Waals surface area contributed by atoms with Crippen LogP contribution < -0.4 is 4.90 Å². The molecule has 4 amide bonds. The summed E-state index contributed by atoms with van der Waals surface area (Å²) in [5, 5.41) is 4.71. The molecule has 0 unspecified atom stereocenters. The van der Waals surface area contributed by atoms with Crippen LogP contribution in [0.1, 0.15) is 18.5 Å². The monoisotopic (exact) mass is 946 g/mol. The number of anilines is 1. The number of thioether (sulfide) groups is 2. The summed E-state index contributed by atoms with van der Waals surface area (Å²) < 4.78 is 7.15. The minimum Gasteiger partial charge on any atom is -0.398 e. The summed E-state index contributed by atoms with van der Waals surface area (Å²) >= 11 is 36.6. The molecule has 0 radical (unpaired) electrons. The molecule has 23 heteroatoms. The number of nitrogens with zero attached hydrogens (tertiary/aromatic N) is 8. The van der Waals surface area contributed by atoms with Crippen molar-refractivity contribution in [2.45, 2.75) is 45.8 Å². The largest absolute Gasteiger partial charge is 0.414 e. The maximum atomic E-state index is 13.3. The van der Waals surface area contributed by atoms with Gasteiger partial charge in [-0.3, -0.25) is 29.1 Å². The normalized spacial score (nSPS) is 23.2. The summed E-state index contributed by atoms with van der Waals surface area (Å²) in [4.78, 5) is 72.3. The van der Waals surface area contributed by atoms with Crippen molar-refractivity contribution in [3.63, 3.8) is 0 Å². The van der Waals surface area contributed by atoms with Crippen LogP contribution in [0.25, 0.3) is 5.69 Å². The zero-order valence-electron chi connectivity index (χ0n) is 30.6. The van der Waals surface area contributed by atoms with Gasteiger partial charge in [-0.2, -0.15) is 5.10 Å². The van der Waals surface area contributed by atoms with Crippen molar-refractivity contribution >= 4 is 129 Å². The number of ether oxygens (including phenoxy) is 2. The number of amides is 4. The van der Waals surface area contributed by atoms with E-state index in [-0.39, 0.29) is 36.6 Å². The van der Waals surface area contributed by atoms with Gasteiger partial charge in [-0.25, -0.2) is 14.3 Å². The van der Waals surface area contributed by atoms with E-state index in [1.807, 2.05) is 41.9 Å². The van der Waals surface area contributed by atoms with E-state index in [1.54, 1.807) is 33.3 Å². The minimum absolute atomic E-state index is 0.00931. The van der Waals surface area contributed by atoms with Gasteiger partial charge in [0.05, 0.1) is 29.7 Å². The zero-order chi connectivity index (χ0) is 41.1. The third kappa shape index (κ3) is 11.5. The number of aromatic nitrogens is 2. The second kappa shape index (κ2) is 19.0. The van der Waals surface area contributed by atoms with Crippen molar-refractivity contribution in [3.05, 3.63) is 42.1 Å². The Bertz CT molecular complexity index is 1780. The Kier molecular flexibility index (Phi) is 14.8. The fraction of sp³-hybridized carbons (Fsp3) is 0.588. The van der Waals surface area contributed by atoms with Crippen LogP contribution in [0.2, 0.25) is 0 Å². The standard InChI is InChI=1S/C24H29Cl3N6O3S.C10H11Cl3N2O4S/c1-17-13-21(33(28-17)18-5-3-2-4-6-18)30-9-7-29(8-10-30)19-14-20(22(34)31-11-12-37-16-31)32(15-19)23(35)36-24(25,26)27;11-10(12,13)19-9(18)15-4-6(16)3-7(15)8(17)14-1-2-20-5-14/h2-6,13,19-20H,7-12,14-16H2,1H3;7H,1-5H2/t19-,20-;7-/m00/s1. The number of halogens is 6. The number of rotatable bonds is 5. The highest BCUT2D eigenvalue weighted by Gasteiger charge is 2.47. The second-order valence-electron chi connectivity index (χ2n) is 13.8. The van der Waals surface area contributed by atoms with Crippen LogP contribution in [0.15, 0.2) is 36.4 Å². The molecule has 57 heavy (non-hydrogen) atoms. The van der Waals surface area contributed by atoms with Crippen molar-refractivity contribution in [3.8, 4) is 5.69 Å². The van der Waals surface area contributed by atoms with E-state index >= 15 is 0 Å².